The highest BCUT2D eigenvalue weighted by Gasteiger charge is 2.21. The number of likely N-dealkylation sites (tertiary alicyclic amines) is 1. The molecule has 2 aromatic rings. The lowest BCUT2D eigenvalue weighted by Crippen LogP contribution is -2.29. The summed E-state index contributed by atoms with van der Waals surface area (Å²) in [6, 6.07) is 0. The maximum Gasteiger partial charge on any atom is 0.283 e. The van der Waals surface area contributed by atoms with Crippen LogP contribution in [0.5, 0.6) is 0 Å². The molecule has 3 heterocycles. The second-order valence-electron chi connectivity index (χ2n) is 6.95. The van der Waals surface area contributed by atoms with Crippen LogP contribution in [0.2, 0.25) is 0 Å². The Kier molecular flexibility index (Phi) is 5.49. The van der Waals surface area contributed by atoms with Gasteiger partial charge in [0, 0.05) is 13.1 Å². The number of hydrogen-bond acceptors (Lipinski definition) is 8. The first-order valence-electron chi connectivity index (χ1n) is 9.71. The van der Waals surface area contributed by atoms with Gasteiger partial charge in [-0.15, -0.1) is 0 Å². The fourth-order valence-electron chi connectivity index (χ4n) is 3.39. The van der Waals surface area contributed by atoms with Crippen LogP contribution in [0.25, 0.3) is 11.0 Å². The summed E-state index contributed by atoms with van der Waals surface area (Å²) >= 11 is 1.18. The van der Waals surface area contributed by atoms with Gasteiger partial charge < -0.3 is 15.4 Å². The summed E-state index contributed by atoms with van der Waals surface area (Å²) in [6.07, 6.45) is 8.26. The number of anilines is 1. The van der Waals surface area contributed by atoms with Crippen molar-refractivity contribution < 1.29 is 14.3 Å². The third kappa shape index (κ3) is 3.90. The average Bonchev–Trinajstić information content (AvgIpc) is 3.38. The summed E-state index contributed by atoms with van der Waals surface area (Å²) in [6.45, 7) is 3.68. The van der Waals surface area contributed by atoms with E-state index in [2.05, 4.69) is 10.1 Å². The number of nitrogens with two attached hydrogens (primary N) is 1. The number of carbonyl (C=O) groups excluding carboxylic acids is 2. The predicted molar refractivity (Wildman–Crippen MR) is 113 cm³/mol. The van der Waals surface area contributed by atoms with E-state index in [1.165, 1.54) is 21.9 Å². The summed E-state index contributed by atoms with van der Waals surface area (Å²) in [4.78, 5) is 43.0. The van der Waals surface area contributed by atoms with Gasteiger partial charge >= 0.3 is 0 Å². The van der Waals surface area contributed by atoms with Crippen LogP contribution in [0, 0.1) is 0 Å². The minimum absolute atomic E-state index is 0.0148. The molecule has 0 aromatic carbocycles. The van der Waals surface area contributed by atoms with Gasteiger partial charge in [0.2, 0.25) is 16.7 Å². The highest BCUT2D eigenvalue weighted by molar-refractivity contribution is 7.16. The number of nitrogen functional groups attached to an aromatic ring is 1. The monoisotopic (exact) mass is 427 g/mol. The molecular formula is C20H21N5O4S. The van der Waals surface area contributed by atoms with Crippen molar-refractivity contribution in [3.63, 3.8) is 0 Å². The van der Waals surface area contributed by atoms with Gasteiger partial charge in [0.15, 0.2) is 5.76 Å². The highest BCUT2D eigenvalue weighted by atomic mass is 32.1. The molecule has 0 atom stereocenters. The van der Waals surface area contributed by atoms with Gasteiger partial charge in [0.1, 0.15) is 10.8 Å². The van der Waals surface area contributed by atoms with Crippen molar-refractivity contribution in [1.82, 2.24) is 19.5 Å². The Morgan fingerprint density at radius 1 is 1.30 bits per heavy atom. The minimum Gasteiger partial charge on any atom is -0.490 e. The molecule has 1 fully saturated rings. The Bertz CT molecular complexity index is 1170. The molecule has 0 unspecified atom stereocenters. The summed E-state index contributed by atoms with van der Waals surface area (Å²) < 4.78 is 6.70. The minimum atomic E-state index is -0.502. The number of rotatable bonds is 5. The molecule has 0 spiro atoms. The fraction of sp³-hybridized carbons (Fsp3) is 0.350. The maximum absolute atomic E-state index is 12.6. The number of amides is 1. The van der Waals surface area contributed by atoms with Crippen LogP contribution >= 0.6 is 11.3 Å². The lowest BCUT2D eigenvalue weighted by Gasteiger charge is -2.13. The Balaban J connectivity index is 1.66. The number of allylic oxidation sites excluding steroid dienone is 4. The second kappa shape index (κ2) is 8.23. The maximum atomic E-state index is 12.6. The van der Waals surface area contributed by atoms with Crippen molar-refractivity contribution in [2.24, 2.45) is 0 Å². The average molecular weight is 427 g/mol. The fourth-order valence-corrected chi connectivity index (χ4v) is 4.27. The lowest BCUT2D eigenvalue weighted by molar-refractivity contribution is -0.129. The normalized spacial score (nSPS) is 17.8. The van der Waals surface area contributed by atoms with Crippen LogP contribution in [0.4, 0.5) is 5.82 Å². The summed E-state index contributed by atoms with van der Waals surface area (Å²) in [5.74, 6) is 0.112. The topological polar surface area (TPSA) is 120 Å². The molecule has 0 radical (unpaired) electrons. The van der Waals surface area contributed by atoms with Gasteiger partial charge in [-0.05, 0) is 43.6 Å². The van der Waals surface area contributed by atoms with Crippen LogP contribution < -0.4 is 11.3 Å². The predicted octanol–water partition coefficient (Wildman–Crippen LogP) is 1.34. The first-order chi connectivity index (χ1) is 14.5. The second-order valence-corrected chi connectivity index (χ2v) is 7.99. The molecule has 0 bridgehead atoms. The zero-order valence-corrected chi connectivity index (χ0v) is 17.3. The van der Waals surface area contributed by atoms with E-state index < -0.39 is 5.56 Å². The van der Waals surface area contributed by atoms with E-state index in [9.17, 15) is 14.4 Å². The van der Waals surface area contributed by atoms with Crippen molar-refractivity contribution in [3.8, 4) is 0 Å². The molecule has 2 N–H and O–H groups in total. The van der Waals surface area contributed by atoms with Crippen LogP contribution in [0.1, 0.15) is 30.3 Å². The van der Waals surface area contributed by atoms with Gasteiger partial charge in [-0.2, -0.15) is 14.6 Å². The van der Waals surface area contributed by atoms with Crippen LogP contribution in [-0.2, 0) is 20.7 Å². The molecule has 9 nitrogen and oxygen atoms in total. The summed E-state index contributed by atoms with van der Waals surface area (Å²) in [5, 5.41) is 4.95. The van der Waals surface area contributed by atoms with Crippen molar-refractivity contribution in [3.05, 3.63) is 50.5 Å². The van der Waals surface area contributed by atoms with Crippen molar-refractivity contribution in [2.75, 3.05) is 25.4 Å². The molecular weight excluding hydrogens is 406 g/mol. The van der Waals surface area contributed by atoms with Crippen molar-refractivity contribution in [2.45, 2.75) is 26.2 Å². The third-order valence-electron chi connectivity index (χ3n) is 4.87. The van der Waals surface area contributed by atoms with Crippen LogP contribution in [0.15, 0.2) is 34.4 Å². The quantitative estimate of drug-likeness (QED) is 0.764. The van der Waals surface area contributed by atoms with Crippen LogP contribution in [0.3, 0.4) is 0 Å². The van der Waals surface area contributed by atoms with E-state index in [1.54, 1.807) is 25.2 Å². The molecule has 1 saturated heterocycles. The van der Waals surface area contributed by atoms with Gasteiger partial charge in [-0.3, -0.25) is 14.4 Å². The smallest absolute Gasteiger partial charge is 0.283 e. The summed E-state index contributed by atoms with van der Waals surface area (Å²) in [5.41, 5.74) is 6.46. The number of aromatic nitrogens is 3. The molecule has 1 aliphatic heterocycles. The third-order valence-corrected chi connectivity index (χ3v) is 5.78. The van der Waals surface area contributed by atoms with E-state index in [-0.39, 0.29) is 35.3 Å². The molecule has 2 aromatic heterocycles. The molecule has 4 rings (SSSR count). The number of carbonyl (C=O) groups is 2. The highest BCUT2D eigenvalue weighted by Crippen LogP contribution is 2.22. The van der Waals surface area contributed by atoms with E-state index in [0.29, 0.717) is 22.1 Å². The Labute approximate surface area is 176 Å². The van der Waals surface area contributed by atoms with Crippen LogP contribution in [-0.4, -0.2) is 50.9 Å². The van der Waals surface area contributed by atoms with Gasteiger partial charge in [0.05, 0.1) is 18.6 Å². The molecule has 2 aliphatic rings. The van der Waals surface area contributed by atoms with Crippen molar-refractivity contribution in [1.29, 1.82) is 0 Å². The number of nitrogens with zero attached hydrogens (tertiary/aromatic N) is 4. The number of ether oxygens (including phenoxy) is 1. The van der Waals surface area contributed by atoms with Gasteiger partial charge in [0.25, 0.3) is 5.56 Å². The SMILES string of the molecule is CCOC1=C/C(=C/c2c(N)n3nc(CC(=O)N4CCCC4)sc3nc2=O)C=CC1=O. The lowest BCUT2D eigenvalue weighted by atomic mass is 10.0. The number of fused-ring (bicyclic) bond motifs is 1. The molecule has 10 heteroatoms. The molecule has 1 amide bonds. The van der Waals surface area contributed by atoms with Gasteiger partial charge in [-0.25, -0.2) is 0 Å². The molecule has 30 heavy (non-hydrogen) atoms. The zero-order valence-electron chi connectivity index (χ0n) is 16.5. The van der Waals surface area contributed by atoms with Crippen molar-refractivity contribution >= 4 is 39.9 Å². The molecule has 156 valence electrons. The Morgan fingerprint density at radius 3 is 2.80 bits per heavy atom. The Morgan fingerprint density at radius 2 is 2.07 bits per heavy atom. The van der Waals surface area contributed by atoms with E-state index in [4.69, 9.17) is 10.5 Å². The largest absolute Gasteiger partial charge is 0.490 e. The first kappa shape index (κ1) is 20.0. The molecule has 1 aliphatic carbocycles. The number of hydrogen-bond donors (Lipinski definition) is 1. The zero-order chi connectivity index (χ0) is 21.3. The summed E-state index contributed by atoms with van der Waals surface area (Å²) in [7, 11) is 0. The number of ketones is 1. The Hall–Kier alpha value is -3.27. The van der Waals surface area contributed by atoms with E-state index >= 15 is 0 Å². The van der Waals surface area contributed by atoms with E-state index in [0.717, 1.165) is 25.9 Å². The first-order valence-corrected chi connectivity index (χ1v) is 10.5. The molecule has 0 saturated carbocycles. The van der Waals surface area contributed by atoms with E-state index in [1.807, 2.05) is 4.90 Å². The van der Waals surface area contributed by atoms with Gasteiger partial charge in [-0.1, -0.05) is 17.4 Å². The standard InChI is InChI=1S/C20H21N5O4S/c1-2-29-15-10-12(5-6-14(15)26)9-13-18(21)25-20(22-19(13)28)30-16(23-25)11-17(27)24-7-3-4-8-24/h5-6,9-10H,2-4,7-8,11,21H2,1H3/b12-9+.